The number of amides is 2. The van der Waals surface area contributed by atoms with Gasteiger partial charge in [-0.3, -0.25) is 9.59 Å². The van der Waals surface area contributed by atoms with Crippen molar-refractivity contribution in [1.82, 2.24) is 0 Å². The zero-order valence-corrected chi connectivity index (χ0v) is 13.0. The number of aryl methyl sites for hydroxylation is 2. The van der Waals surface area contributed by atoms with Crippen molar-refractivity contribution in [1.29, 1.82) is 0 Å². The fourth-order valence-electron chi connectivity index (χ4n) is 2.84. The van der Waals surface area contributed by atoms with Crippen molar-refractivity contribution in [3.05, 3.63) is 59.4 Å². The number of nitrogens with zero attached hydrogens (tertiary/aromatic N) is 1. The van der Waals surface area contributed by atoms with Gasteiger partial charge in [0, 0.05) is 5.69 Å². The third-order valence-electron chi connectivity index (χ3n) is 3.80. The number of carbonyl (C=O) groups excluding carboxylic acids is 2. The van der Waals surface area contributed by atoms with E-state index in [0.29, 0.717) is 11.4 Å². The molecule has 3 rings (SSSR count). The minimum Gasteiger partial charge on any atom is -0.373 e. The summed E-state index contributed by atoms with van der Waals surface area (Å²) in [7, 11) is 0. The SMILES string of the molecule is Cc1cc(C)cc(N2C(=O)CC(Nc3ccc(F)cc3)C2=O)c1. The van der Waals surface area contributed by atoms with Crippen LogP contribution >= 0.6 is 0 Å². The first-order valence-corrected chi connectivity index (χ1v) is 7.41. The van der Waals surface area contributed by atoms with E-state index < -0.39 is 6.04 Å². The highest BCUT2D eigenvalue weighted by molar-refractivity contribution is 6.23. The van der Waals surface area contributed by atoms with Crippen molar-refractivity contribution in [2.24, 2.45) is 0 Å². The molecule has 0 radical (unpaired) electrons. The molecule has 118 valence electrons. The van der Waals surface area contributed by atoms with Gasteiger partial charge in [0.1, 0.15) is 11.9 Å². The van der Waals surface area contributed by atoms with Crippen LogP contribution in [0.3, 0.4) is 0 Å². The number of halogens is 1. The molecule has 0 bridgehead atoms. The number of nitrogens with one attached hydrogen (secondary N) is 1. The summed E-state index contributed by atoms with van der Waals surface area (Å²) in [5, 5.41) is 3.00. The van der Waals surface area contributed by atoms with Crippen LogP contribution < -0.4 is 10.2 Å². The molecule has 2 aromatic carbocycles. The Kier molecular flexibility index (Phi) is 3.86. The Morgan fingerprint density at radius 2 is 1.65 bits per heavy atom. The number of hydrogen-bond acceptors (Lipinski definition) is 3. The number of carbonyl (C=O) groups is 2. The molecule has 2 aromatic rings. The summed E-state index contributed by atoms with van der Waals surface area (Å²) in [6.07, 6.45) is 0.0865. The third kappa shape index (κ3) is 3.08. The first-order valence-electron chi connectivity index (χ1n) is 7.41. The molecule has 0 aromatic heterocycles. The molecule has 5 heteroatoms. The summed E-state index contributed by atoms with van der Waals surface area (Å²) in [5.41, 5.74) is 3.20. The molecule has 1 aliphatic heterocycles. The summed E-state index contributed by atoms with van der Waals surface area (Å²) in [6.45, 7) is 3.85. The van der Waals surface area contributed by atoms with E-state index in [1.54, 1.807) is 12.1 Å². The molecule has 1 N–H and O–H groups in total. The molecule has 1 fully saturated rings. The van der Waals surface area contributed by atoms with Crippen molar-refractivity contribution >= 4 is 23.2 Å². The van der Waals surface area contributed by atoms with Gasteiger partial charge in [-0.2, -0.15) is 0 Å². The quantitative estimate of drug-likeness (QED) is 0.886. The molecule has 4 nitrogen and oxygen atoms in total. The van der Waals surface area contributed by atoms with E-state index in [1.165, 1.54) is 17.0 Å². The van der Waals surface area contributed by atoms with Crippen LogP contribution in [0.2, 0.25) is 0 Å². The number of hydrogen-bond donors (Lipinski definition) is 1. The van der Waals surface area contributed by atoms with E-state index in [0.717, 1.165) is 11.1 Å². The fourth-order valence-corrected chi connectivity index (χ4v) is 2.84. The van der Waals surface area contributed by atoms with Gasteiger partial charge in [0.15, 0.2) is 0 Å². The van der Waals surface area contributed by atoms with E-state index in [4.69, 9.17) is 0 Å². The second-order valence-corrected chi connectivity index (χ2v) is 5.82. The van der Waals surface area contributed by atoms with Gasteiger partial charge in [0.2, 0.25) is 5.91 Å². The number of anilines is 2. The van der Waals surface area contributed by atoms with Gasteiger partial charge in [0.05, 0.1) is 12.1 Å². The van der Waals surface area contributed by atoms with Gasteiger partial charge in [0.25, 0.3) is 5.91 Å². The first kappa shape index (κ1) is 15.2. The average Bonchev–Trinajstić information content (AvgIpc) is 2.75. The van der Waals surface area contributed by atoms with E-state index >= 15 is 0 Å². The Labute approximate surface area is 133 Å². The van der Waals surface area contributed by atoms with Crippen molar-refractivity contribution in [2.45, 2.75) is 26.3 Å². The van der Waals surface area contributed by atoms with Crippen molar-refractivity contribution in [2.75, 3.05) is 10.2 Å². The Morgan fingerprint density at radius 1 is 1.04 bits per heavy atom. The highest BCUT2D eigenvalue weighted by atomic mass is 19.1. The van der Waals surface area contributed by atoms with Gasteiger partial charge in [-0.15, -0.1) is 0 Å². The summed E-state index contributed by atoms with van der Waals surface area (Å²) < 4.78 is 12.9. The van der Waals surface area contributed by atoms with Crippen molar-refractivity contribution in [3.63, 3.8) is 0 Å². The molecular formula is C18H17FN2O2. The normalized spacial score (nSPS) is 17.7. The van der Waals surface area contributed by atoms with Crippen LogP contribution in [0.25, 0.3) is 0 Å². The monoisotopic (exact) mass is 312 g/mol. The van der Waals surface area contributed by atoms with E-state index in [9.17, 15) is 14.0 Å². The number of benzene rings is 2. The van der Waals surface area contributed by atoms with E-state index in [-0.39, 0.29) is 24.1 Å². The standard InChI is InChI=1S/C18H17FN2O2/c1-11-7-12(2)9-15(8-11)21-17(22)10-16(18(21)23)20-14-5-3-13(19)4-6-14/h3-9,16,20H,10H2,1-2H3. The minimum atomic E-state index is -0.631. The third-order valence-corrected chi connectivity index (χ3v) is 3.80. The lowest BCUT2D eigenvalue weighted by molar-refractivity contribution is -0.121. The molecule has 1 aliphatic rings. The predicted molar refractivity (Wildman–Crippen MR) is 86.8 cm³/mol. The van der Waals surface area contributed by atoms with Crippen molar-refractivity contribution < 1.29 is 14.0 Å². The zero-order valence-electron chi connectivity index (χ0n) is 13.0. The second kappa shape index (κ2) is 5.83. The molecule has 1 atom stereocenters. The van der Waals surface area contributed by atoms with Crippen LogP contribution in [0.15, 0.2) is 42.5 Å². The molecule has 0 spiro atoms. The lowest BCUT2D eigenvalue weighted by Crippen LogP contribution is -2.34. The van der Waals surface area contributed by atoms with Gasteiger partial charge in [-0.05, 0) is 61.4 Å². The highest BCUT2D eigenvalue weighted by Crippen LogP contribution is 2.26. The van der Waals surface area contributed by atoms with Gasteiger partial charge < -0.3 is 5.32 Å². The maximum Gasteiger partial charge on any atom is 0.256 e. The largest absolute Gasteiger partial charge is 0.373 e. The van der Waals surface area contributed by atoms with Crippen molar-refractivity contribution in [3.8, 4) is 0 Å². The van der Waals surface area contributed by atoms with E-state index in [2.05, 4.69) is 5.32 Å². The summed E-state index contributed by atoms with van der Waals surface area (Å²) in [4.78, 5) is 26.1. The molecule has 2 amide bonds. The van der Waals surface area contributed by atoms with Gasteiger partial charge in [-0.25, -0.2) is 9.29 Å². The van der Waals surface area contributed by atoms with Crippen LogP contribution in [0.4, 0.5) is 15.8 Å². The fraction of sp³-hybridized carbons (Fsp3) is 0.222. The summed E-state index contributed by atoms with van der Waals surface area (Å²) >= 11 is 0. The Balaban J connectivity index is 1.83. The average molecular weight is 312 g/mol. The molecule has 1 saturated heterocycles. The van der Waals surface area contributed by atoms with E-state index in [1.807, 2.05) is 32.0 Å². The summed E-state index contributed by atoms with van der Waals surface area (Å²) in [6, 6.07) is 10.7. The van der Waals surface area contributed by atoms with Crippen LogP contribution in [-0.2, 0) is 9.59 Å². The number of rotatable bonds is 3. The zero-order chi connectivity index (χ0) is 16.6. The Bertz CT molecular complexity index is 751. The molecule has 1 unspecified atom stereocenters. The Morgan fingerprint density at radius 3 is 2.26 bits per heavy atom. The minimum absolute atomic E-state index is 0.0865. The maximum absolute atomic E-state index is 12.9. The maximum atomic E-state index is 12.9. The Hall–Kier alpha value is -2.69. The lowest BCUT2D eigenvalue weighted by atomic mass is 10.1. The van der Waals surface area contributed by atoms with Crippen LogP contribution in [0, 0.1) is 19.7 Å². The molecular weight excluding hydrogens is 295 g/mol. The second-order valence-electron chi connectivity index (χ2n) is 5.82. The molecule has 23 heavy (non-hydrogen) atoms. The van der Waals surface area contributed by atoms with Crippen LogP contribution in [0.5, 0.6) is 0 Å². The number of imide groups is 1. The smallest absolute Gasteiger partial charge is 0.256 e. The predicted octanol–water partition coefficient (Wildman–Crippen LogP) is 3.19. The molecule has 0 aliphatic carbocycles. The molecule has 1 heterocycles. The van der Waals surface area contributed by atoms with Crippen LogP contribution in [-0.4, -0.2) is 17.9 Å². The summed E-state index contributed by atoms with van der Waals surface area (Å²) in [5.74, 6) is -0.870. The topological polar surface area (TPSA) is 49.4 Å². The van der Waals surface area contributed by atoms with Gasteiger partial charge >= 0.3 is 0 Å². The van der Waals surface area contributed by atoms with Gasteiger partial charge in [-0.1, -0.05) is 6.07 Å². The van der Waals surface area contributed by atoms with Crippen LogP contribution in [0.1, 0.15) is 17.5 Å². The molecule has 0 saturated carbocycles. The highest BCUT2D eigenvalue weighted by Gasteiger charge is 2.39. The first-order chi connectivity index (χ1) is 10.9. The lowest BCUT2D eigenvalue weighted by Gasteiger charge is -2.17.